The highest BCUT2D eigenvalue weighted by Gasteiger charge is 2.45. The van der Waals surface area contributed by atoms with E-state index in [1.165, 1.54) is 19.1 Å². The van der Waals surface area contributed by atoms with E-state index in [2.05, 4.69) is 0 Å². The molecule has 33 heavy (non-hydrogen) atoms. The van der Waals surface area contributed by atoms with Gasteiger partial charge in [0.25, 0.3) is 0 Å². The van der Waals surface area contributed by atoms with Crippen molar-refractivity contribution in [3.63, 3.8) is 0 Å². The quantitative estimate of drug-likeness (QED) is 0.379. The fourth-order valence-corrected chi connectivity index (χ4v) is 4.17. The normalized spacial score (nSPS) is 29.3. The van der Waals surface area contributed by atoms with E-state index < -0.39 is 43.4 Å². The van der Waals surface area contributed by atoms with E-state index in [1.807, 2.05) is 0 Å². The van der Waals surface area contributed by atoms with Gasteiger partial charge in [0, 0.05) is 11.1 Å². The van der Waals surface area contributed by atoms with Crippen LogP contribution in [0.5, 0.6) is 23.0 Å². The van der Waals surface area contributed by atoms with Crippen molar-refractivity contribution in [2.75, 3.05) is 6.61 Å². The van der Waals surface area contributed by atoms with E-state index in [0.717, 1.165) is 0 Å². The molecule has 2 aliphatic heterocycles. The zero-order valence-electron chi connectivity index (χ0n) is 18.0. The topological polar surface area (TPSA) is 166 Å². The molecule has 6 unspecified atom stereocenters. The van der Waals surface area contributed by atoms with Gasteiger partial charge in [-0.3, -0.25) is 4.79 Å². The minimum atomic E-state index is -1.65. The molecule has 2 aliphatic rings. The molecule has 0 radical (unpaired) electrons. The molecule has 1 fully saturated rings. The lowest BCUT2D eigenvalue weighted by molar-refractivity contribution is -0.277. The lowest BCUT2D eigenvalue weighted by atomic mass is 9.91. The number of aromatic hydroxyl groups is 2. The summed E-state index contributed by atoms with van der Waals surface area (Å²) in [5, 5.41) is 60.0. The third kappa shape index (κ3) is 4.00. The van der Waals surface area contributed by atoms with Gasteiger partial charge in [-0.05, 0) is 31.5 Å². The Bertz CT molecular complexity index is 1050. The fraction of sp³-hybridized carbons (Fsp3) is 0.435. The number of ether oxygens (including phenoxy) is 3. The van der Waals surface area contributed by atoms with Crippen LogP contribution in [0.15, 0.2) is 24.3 Å². The SMILES string of the molecule is Cc1c(O)c2c(c(C)c1OC1OC(CO)C(O)C(O)C1O)OC(c1ccc(O)cc1)CC2=O. The summed E-state index contributed by atoms with van der Waals surface area (Å²) in [6.07, 6.45) is -8.14. The van der Waals surface area contributed by atoms with Crippen molar-refractivity contribution in [1.29, 1.82) is 0 Å². The summed E-state index contributed by atoms with van der Waals surface area (Å²) in [5.74, 6) is -0.440. The Labute approximate surface area is 189 Å². The Kier molecular flexibility index (Phi) is 6.21. The highest BCUT2D eigenvalue weighted by molar-refractivity contribution is 6.03. The van der Waals surface area contributed by atoms with Gasteiger partial charge in [-0.2, -0.15) is 0 Å². The number of aliphatic hydroxyl groups excluding tert-OH is 4. The number of ketones is 1. The molecule has 2 aromatic carbocycles. The molecule has 178 valence electrons. The fourth-order valence-electron chi connectivity index (χ4n) is 4.17. The van der Waals surface area contributed by atoms with Gasteiger partial charge in [0.05, 0.1) is 13.0 Å². The average Bonchev–Trinajstić information content (AvgIpc) is 2.80. The Morgan fingerprint density at radius 1 is 1.00 bits per heavy atom. The largest absolute Gasteiger partial charge is 0.508 e. The molecular weight excluding hydrogens is 436 g/mol. The highest BCUT2D eigenvalue weighted by atomic mass is 16.7. The van der Waals surface area contributed by atoms with Crippen LogP contribution in [0.2, 0.25) is 0 Å². The van der Waals surface area contributed by atoms with Crippen LogP contribution in [0.1, 0.15) is 39.6 Å². The van der Waals surface area contributed by atoms with E-state index in [1.54, 1.807) is 19.1 Å². The molecule has 0 bridgehead atoms. The average molecular weight is 462 g/mol. The zero-order chi connectivity index (χ0) is 24.0. The zero-order valence-corrected chi connectivity index (χ0v) is 18.0. The first kappa shape index (κ1) is 23.3. The molecular formula is C23H26O10. The number of hydrogen-bond acceptors (Lipinski definition) is 10. The van der Waals surface area contributed by atoms with E-state index in [0.29, 0.717) is 11.1 Å². The molecule has 1 saturated heterocycles. The third-order valence-corrected chi connectivity index (χ3v) is 6.10. The predicted octanol–water partition coefficient (Wildman–Crippen LogP) is 0.600. The number of rotatable bonds is 4. The van der Waals surface area contributed by atoms with Gasteiger partial charge >= 0.3 is 0 Å². The lowest BCUT2D eigenvalue weighted by Gasteiger charge is -2.40. The standard InChI is InChI=1S/C23H26O10/c1-9-17(27)16-13(26)7-14(11-3-5-12(25)6-4-11)31-22(16)10(2)21(9)33-23-20(30)19(29)18(28)15(8-24)32-23/h3-6,14-15,18-20,23-25,27-30H,7-8H2,1-2H3. The van der Waals surface area contributed by atoms with Gasteiger partial charge in [0.15, 0.2) is 5.78 Å². The molecule has 0 aromatic heterocycles. The molecule has 10 nitrogen and oxygen atoms in total. The van der Waals surface area contributed by atoms with Gasteiger partial charge in [-0.25, -0.2) is 0 Å². The molecule has 2 aromatic rings. The minimum Gasteiger partial charge on any atom is -0.508 e. The van der Waals surface area contributed by atoms with E-state index >= 15 is 0 Å². The van der Waals surface area contributed by atoms with Crippen LogP contribution in [-0.4, -0.2) is 73.7 Å². The van der Waals surface area contributed by atoms with Gasteiger partial charge in [-0.1, -0.05) is 12.1 Å². The van der Waals surface area contributed by atoms with E-state index in [-0.39, 0.29) is 46.3 Å². The smallest absolute Gasteiger partial charge is 0.229 e. The van der Waals surface area contributed by atoms with Crippen molar-refractivity contribution < 1.29 is 49.6 Å². The maximum Gasteiger partial charge on any atom is 0.229 e. The van der Waals surface area contributed by atoms with Crippen molar-refractivity contribution >= 4 is 5.78 Å². The first-order valence-electron chi connectivity index (χ1n) is 10.5. The maximum atomic E-state index is 12.9. The molecule has 6 atom stereocenters. The van der Waals surface area contributed by atoms with Crippen LogP contribution >= 0.6 is 0 Å². The number of benzene rings is 2. The number of fused-ring (bicyclic) bond motifs is 1. The summed E-state index contributed by atoms with van der Waals surface area (Å²) >= 11 is 0. The summed E-state index contributed by atoms with van der Waals surface area (Å²) in [7, 11) is 0. The summed E-state index contributed by atoms with van der Waals surface area (Å²) in [5.41, 5.74) is 1.22. The van der Waals surface area contributed by atoms with Crippen LogP contribution in [-0.2, 0) is 4.74 Å². The second-order valence-electron chi connectivity index (χ2n) is 8.27. The number of Topliss-reactive ketones (excluding diaryl/α,β-unsaturated/α-hetero) is 1. The molecule has 4 rings (SSSR count). The second kappa shape index (κ2) is 8.81. The van der Waals surface area contributed by atoms with Crippen LogP contribution in [0.4, 0.5) is 0 Å². The molecule has 6 N–H and O–H groups in total. The van der Waals surface area contributed by atoms with Crippen molar-refractivity contribution in [3.05, 3.63) is 46.5 Å². The lowest BCUT2D eigenvalue weighted by Crippen LogP contribution is -2.60. The van der Waals surface area contributed by atoms with Gasteiger partial charge in [0.1, 0.15) is 59.1 Å². The number of carbonyl (C=O) groups is 1. The van der Waals surface area contributed by atoms with Gasteiger partial charge in [-0.15, -0.1) is 0 Å². The first-order valence-corrected chi connectivity index (χ1v) is 10.5. The van der Waals surface area contributed by atoms with E-state index in [4.69, 9.17) is 14.2 Å². The monoisotopic (exact) mass is 462 g/mol. The molecule has 10 heteroatoms. The number of carbonyl (C=O) groups excluding carboxylic acids is 1. The van der Waals surface area contributed by atoms with Crippen molar-refractivity contribution in [2.45, 2.75) is 57.1 Å². The Morgan fingerprint density at radius 3 is 2.30 bits per heavy atom. The molecule has 2 heterocycles. The summed E-state index contributed by atoms with van der Waals surface area (Å²) in [6, 6.07) is 6.22. The number of aliphatic hydroxyl groups is 4. The molecule has 0 saturated carbocycles. The third-order valence-electron chi connectivity index (χ3n) is 6.10. The number of phenolic OH excluding ortho intramolecular Hbond substituents is 2. The van der Waals surface area contributed by atoms with Crippen molar-refractivity contribution in [1.82, 2.24) is 0 Å². The van der Waals surface area contributed by atoms with Crippen LogP contribution < -0.4 is 9.47 Å². The summed E-state index contributed by atoms with van der Waals surface area (Å²) in [4.78, 5) is 12.9. The maximum absolute atomic E-state index is 12.9. The van der Waals surface area contributed by atoms with Gasteiger partial charge < -0.3 is 44.8 Å². The summed E-state index contributed by atoms with van der Waals surface area (Å²) in [6.45, 7) is 2.50. The summed E-state index contributed by atoms with van der Waals surface area (Å²) < 4.78 is 17.2. The first-order chi connectivity index (χ1) is 15.6. The predicted molar refractivity (Wildman–Crippen MR) is 112 cm³/mol. The highest BCUT2D eigenvalue weighted by Crippen LogP contribution is 2.48. The van der Waals surface area contributed by atoms with Crippen LogP contribution in [0, 0.1) is 13.8 Å². The molecule has 0 amide bonds. The Hall–Kier alpha value is -2.89. The van der Waals surface area contributed by atoms with Crippen molar-refractivity contribution in [3.8, 4) is 23.0 Å². The second-order valence-corrected chi connectivity index (χ2v) is 8.27. The van der Waals surface area contributed by atoms with E-state index in [9.17, 15) is 35.4 Å². The van der Waals surface area contributed by atoms with Crippen molar-refractivity contribution in [2.24, 2.45) is 0 Å². The van der Waals surface area contributed by atoms with Gasteiger partial charge in [0.2, 0.25) is 6.29 Å². The Balaban J connectivity index is 1.70. The Morgan fingerprint density at radius 2 is 1.67 bits per heavy atom. The minimum absolute atomic E-state index is 0.0150. The number of hydrogen-bond donors (Lipinski definition) is 6. The van der Waals surface area contributed by atoms with Crippen LogP contribution in [0.25, 0.3) is 0 Å². The van der Waals surface area contributed by atoms with Crippen LogP contribution in [0.3, 0.4) is 0 Å². The molecule has 0 spiro atoms. The number of phenols is 2. The molecule has 0 aliphatic carbocycles.